The highest BCUT2D eigenvalue weighted by molar-refractivity contribution is 6.44. The van der Waals surface area contributed by atoms with Gasteiger partial charge in [0.25, 0.3) is 5.91 Å². The number of phenolic OH excluding ortho intramolecular Hbond substituents is 1. The topological polar surface area (TPSA) is 78.0 Å². The minimum absolute atomic E-state index is 0.133. The van der Waals surface area contributed by atoms with E-state index in [0.717, 1.165) is 5.56 Å². The van der Waals surface area contributed by atoms with Gasteiger partial charge in [-0.15, -0.1) is 0 Å². The summed E-state index contributed by atoms with van der Waals surface area (Å²) in [6.45, 7) is 1.79. The number of phenols is 1. The summed E-state index contributed by atoms with van der Waals surface area (Å²) in [5.41, 5.74) is 2.39. The molecule has 0 radical (unpaired) electrons. The number of aryl methyl sites for hydroxylation is 1. The second-order valence-corrected chi connectivity index (χ2v) is 5.98. The van der Waals surface area contributed by atoms with E-state index < -0.39 is 5.91 Å². The van der Waals surface area contributed by atoms with Gasteiger partial charge in [-0.25, -0.2) is 0 Å². The van der Waals surface area contributed by atoms with Crippen LogP contribution in [0.1, 0.15) is 16.1 Å². The first-order valence-electron chi connectivity index (χ1n) is 7.07. The number of hydrogen-bond donors (Lipinski definition) is 3. The smallest absolute Gasteiger partial charge is 0.273 e. The second-order valence-electron chi connectivity index (χ2n) is 5.19. The van der Waals surface area contributed by atoms with Crippen molar-refractivity contribution in [2.75, 3.05) is 5.32 Å². The molecule has 1 aromatic heterocycles. The van der Waals surface area contributed by atoms with Gasteiger partial charge in [-0.2, -0.15) is 5.10 Å². The van der Waals surface area contributed by atoms with E-state index in [1.54, 1.807) is 43.3 Å². The maximum atomic E-state index is 12.3. The first-order valence-corrected chi connectivity index (χ1v) is 7.82. The molecule has 0 unspecified atom stereocenters. The van der Waals surface area contributed by atoms with E-state index >= 15 is 0 Å². The molecule has 24 heavy (non-hydrogen) atoms. The zero-order valence-corrected chi connectivity index (χ0v) is 14.1. The van der Waals surface area contributed by atoms with Crippen molar-refractivity contribution in [3.8, 4) is 17.0 Å². The Bertz CT molecular complexity index is 922. The number of benzene rings is 2. The van der Waals surface area contributed by atoms with Gasteiger partial charge in [0.15, 0.2) is 0 Å². The molecule has 2 aromatic carbocycles. The largest absolute Gasteiger partial charge is 0.507 e. The number of aromatic hydroxyl groups is 1. The molecule has 7 heteroatoms. The Morgan fingerprint density at radius 3 is 2.75 bits per heavy atom. The zero-order chi connectivity index (χ0) is 17.3. The van der Waals surface area contributed by atoms with E-state index in [1.165, 1.54) is 0 Å². The van der Waals surface area contributed by atoms with Crippen molar-refractivity contribution >= 4 is 34.8 Å². The van der Waals surface area contributed by atoms with Crippen LogP contribution in [0.3, 0.4) is 0 Å². The Morgan fingerprint density at radius 1 is 1.21 bits per heavy atom. The van der Waals surface area contributed by atoms with Crippen LogP contribution in [0.25, 0.3) is 11.3 Å². The van der Waals surface area contributed by atoms with Crippen LogP contribution in [0.5, 0.6) is 5.75 Å². The molecule has 3 rings (SSSR count). The lowest BCUT2D eigenvalue weighted by Gasteiger charge is -2.06. The van der Waals surface area contributed by atoms with Crippen molar-refractivity contribution in [1.29, 1.82) is 0 Å². The zero-order valence-electron chi connectivity index (χ0n) is 12.6. The highest BCUT2D eigenvalue weighted by Crippen LogP contribution is 2.32. The molecule has 122 valence electrons. The Hall–Kier alpha value is -2.50. The van der Waals surface area contributed by atoms with Gasteiger partial charge in [-0.05, 0) is 36.8 Å². The first kappa shape index (κ1) is 16.4. The number of carbonyl (C=O) groups is 1. The maximum Gasteiger partial charge on any atom is 0.273 e. The summed E-state index contributed by atoms with van der Waals surface area (Å²) in [5.74, 6) is -0.279. The number of carbonyl (C=O) groups excluding carboxylic acids is 1. The molecule has 0 bridgehead atoms. The molecule has 3 aromatic rings. The van der Waals surface area contributed by atoms with Gasteiger partial charge < -0.3 is 10.4 Å². The van der Waals surface area contributed by atoms with Crippen molar-refractivity contribution < 1.29 is 9.90 Å². The fourth-order valence-corrected chi connectivity index (χ4v) is 2.58. The van der Waals surface area contributed by atoms with Gasteiger partial charge >= 0.3 is 0 Å². The van der Waals surface area contributed by atoms with Crippen LogP contribution in [0.4, 0.5) is 5.69 Å². The summed E-state index contributed by atoms with van der Waals surface area (Å²) >= 11 is 12.0. The molecule has 0 spiro atoms. The highest BCUT2D eigenvalue weighted by atomic mass is 35.5. The average molecular weight is 362 g/mol. The second kappa shape index (κ2) is 6.55. The first-order chi connectivity index (χ1) is 11.5. The van der Waals surface area contributed by atoms with E-state index in [9.17, 15) is 9.90 Å². The van der Waals surface area contributed by atoms with Crippen LogP contribution in [-0.2, 0) is 0 Å². The van der Waals surface area contributed by atoms with E-state index in [2.05, 4.69) is 15.5 Å². The minimum Gasteiger partial charge on any atom is -0.507 e. The third kappa shape index (κ3) is 3.09. The molecule has 0 atom stereocenters. The Labute approximate surface area is 148 Å². The van der Waals surface area contributed by atoms with E-state index in [1.807, 2.05) is 6.07 Å². The van der Waals surface area contributed by atoms with Crippen molar-refractivity contribution in [2.45, 2.75) is 6.92 Å². The molecule has 0 saturated heterocycles. The summed E-state index contributed by atoms with van der Waals surface area (Å²) in [6.07, 6.45) is 0. The van der Waals surface area contributed by atoms with Gasteiger partial charge in [0.2, 0.25) is 0 Å². The van der Waals surface area contributed by atoms with Crippen LogP contribution in [-0.4, -0.2) is 21.2 Å². The number of rotatable bonds is 3. The lowest BCUT2D eigenvalue weighted by atomic mass is 10.1. The average Bonchev–Trinajstić information content (AvgIpc) is 3.04. The molecular formula is C17H13Cl2N3O2. The van der Waals surface area contributed by atoms with E-state index in [0.29, 0.717) is 22.0 Å². The van der Waals surface area contributed by atoms with Crippen LogP contribution in [0.15, 0.2) is 42.5 Å². The fourth-order valence-electron chi connectivity index (χ4n) is 2.23. The maximum absolute atomic E-state index is 12.3. The number of halogens is 2. The Morgan fingerprint density at radius 2 is 1.96 bits per heavy atom. The quantitative estimate of drug-likeness (QED) is 0.635. The van der Waals surface area contributed by atoms with Crippen LogP contribution in [0.2, 0.25) is 10.0 Å². The van der Waals surface area contributed by atoms with Gasteiger partial charge in [-0.3, -0.25) is 9.89 Å². The fraction of sp³-hybridized carbons (Fsp3) is 0.0588. The summed E-state index contributed by atoms with van der Waals surface area (Å²) in [4.78, 5) is 12.3. The number of nitrogens with one attached hydrogen (secondary N) is 2. The molecule has 5 nitrogen and oxygen atoms in total. The number of anilines is 1. The summed E-state index contributed by atoms with van der Waals surface area (Å²) in [5, 5.41) is 20.1. The minimum atomic E-state index is -0.412. The summed E-state index contributed by atoms with van der Waals surface area (Å²) < 4.78 is 0. The number of para-hydroxylation sites is 1. The molecule has 0 fully saturated rings. The van der Waals surface area contributed by atoms with Crippen molar-refractivity contribution in [3.63, 3.8) is 0 Å². The lowest BCUT2D eigenvalue weighted by molar-refractivity contribution is 0.102. The van der Waals surface area contributed by atoms with Gasteiger partial charge in [-0.1, -0.05) is 41.4 Å². The highest BCUT2D eigenvalue weighted by Gasteiger charge is 2.15. The lowest BCUT2D eigenvalue weighted by Crippen LogP contribution is -2.12. The molecule has 1 amide bonds. The van der Waals surface area contributed by atoms with E-state index in [-0.39, 0.29) is 16.5 Å². The van der Waals surface area contributed by atoms with Gasteiger partial charge in [0, 0.05) is 5.56 Å². The monoisotopic (exact) mass is 361 g/mol. The predicted molar refractivity (Wildman–Crippen MR) is 94.8 cm³/mol. The van der Waals surface area contributed by atoms with Crippen LogP contribution < -0.4 is 5.32 Å². The van der Waals surface area contributed by atoms with Gasteiger partial charge in [0.1, 0.15) is 11.4 Å². The van der Waals surface area contributed by atoms with Crippen LogP contribution >= 0.6 is 23.2 Å². The Balaban J connectivity index is 1.86. The molecule has 0 saturated carbocycles. The normalized spacial score (nSPS) is 10.6. The molecular weight excluding hydrogens is 349 g/mol. The third-order valence-electron chi connectivity index (χ3n) is 3.54. The molecule has 0 aliphatic rings. The standard InChI is InChI=1S/C17H13Cl2N3O2/c1-9-4-2-5-10(16(9)23)13-8-14(22-21-13)17(24)20-12-7-3-6-11(18)15(12)19/h2-8,23H,1H3,(H,20,24)(H,21,22). The molecule has 3 N–H and O–H groups in total. The number of hydrogen-bond acceptors (Lipinski definition) is 3. The summed E-state index contributed by atoms with van der Waals surface area (Å²) in [6, 6.07) is 11.9. The molecule has 0 aliphatic carbocycles. The SMILES string of the molecule is Cc1cccc(-c2cc(C(=O)Nc3cccc(Cl)c3Cl)[nH]n2)c1O. The van der Waals surface area contributed by atoms with Gasteiger partial charge in [0.05, 0.1) is 21.4 Å². The van der Waals surface area contributed by atoms with Crippen molar-refractivity contribution in [3.05, 3.63) is 63.8 Å². The summed E-state index contributed by atoms with van der Waals surface area (Å²) in [7, 11) is 0. The number of nitrogens with zero attached hydrogens (tertiary/aromatic N) is 1. The van der Waals surface area contributed by atoms with Crippen molar-refractivity contribution in [2.24, 2.45) is 0 Å². The Kier molecular flexibility index (Phi) is 4.46. The number of H-pyrrole nitrogens is 1. The number of aromatic nitrogens is 2. The molecule has 1 heterocycles. The third-order valence-corrected chi connectivity index (χ3v) is 4.35. The predicted octanol–water partition coefficient (Wildman–Crippen LogP) is 4.65. The molecule has 0 aliphatic heterocycles. The number of aromatic amines is 1. The van der Waals surface area contributed by atoms with E-state index in [4.69, 9.17) is 23.2 Å². The van der Waals surface area contributed by atoms with Crippen LogP contribution in [0, 0.1) is 6.92 Å². The number of amides is 1. The van der Waals surface area contributed by atoms with Crippen molar-refractivity contribution in [1.82, 2.24) is 10.2 Å².